The summed E-state index contributed by atoms with van der Waals surface area (Å²) in [4.78, 5) is 15.2. The third-order valence-electron chi connectivity index (χ3n) is 5.10. The minimum atomic E-state index is -2.83. The Morgan fingerprint density at radius 2 is 1.83 bits per heavy atom. The molecule has 0 aliphatic carbocycles. The number of Topliss-reactive ketones (excluding diaryl/α,β-unsaturated/α-hetero) is 1. The van der Waals surface area contributed by atoms with Gasteiger partial charge in [-0.25, -0.2) is 0 Å². The molecule has 0 spiro atoms. The maximum Gasteiger partial charge on any atom is 0.387 e. The van der Waals surface area contributed by atoms with Crippen molar-refractivity contribution in [2.24, 2.45) is 5.92 Å². The van der Waals surface area contributed by atoms with E-state index in [0.29, 0.717) is 30.2 Å². The van der Waals surface area contributed by atoms with Crippen LogP contribution in [0.2, 0.25) is 0 Å². The molecular formula is C22H25F2NO4. The molecule has 5 nitrogen and oxygen atoms in total. The second-order valence-corrected chi connectivity index (χ2v) is 7.03. The topological polar surface area (TPSA) is 48.0 Å². The average molecular weight is 405 g/mol. The van der Waals surface area contributed by atoms with Gasteiger partial charge in [0.15, 0.2) is 17.3 Å². The molecule has 1 atom stereocenters. The monoisotopic (exact) mass is 405 g/mol. The van der Waals surface area contributed by atoms with Crippen molar-refractivity contribution in [2.75, 3.05) is 27.3 Å². The summed E-state index contributed by atoms with van der Waals surface area (Å²) in [5.74, 6) is 1.27. The number of ether oxygens (including phenoxy) is 3. The van der Waals surface area contributed by atoms with Crippen LogP contribution in [0.1, 0.15) is 28.8 Å². The van der Waals surface area contributed by atoms with E-state index in [2.05, 4.69) is 9.64 Å². The molecule has 0 bridgehead atoms. The molecule has 1 aliphatic heterocycles. The van der Waals surface area contributed by atoms with Gasteiger partial charge in [0.2, 0.25) is 0 Å². The summed E-state index contributed by atoms with van der Waals surface area (Å²) in [6.45, 7) is -0.621. The Bertz CT molecular complexity index is 826. The van der Waals surface area contributed by atoms with E-state index in [9.17, 15) is 13.6 Å². The number of benzene rings is 2. The highest BCUT2D eigenvalue weighted by Crippen LogP contribution is 2.30. The van der Waals surface area contributed by atoms with Crippen molar-refractivity contribution < 1.29 is 27.8 Å². The predicted octanol–water partition coefficient (Wildman–Crippen LogP) is 4.40. The Morgan fingerprint density at radius 3 is 2.48 bits per heavy atom. The van der Waals surface area contributed by atoms with E-state index in [0.717, 1.165) is 24.9 Å². The molecule has 0 N–H and O–H groups in total. The number of carbonyl (C=O) groups excluding carboxylic acids is 1. The second kappa shape index (κ2) is 9.69. The Hall–Kier alpha value is -2.67. The maximum atomic E-state index is 13.0. The molecule has 7 heteroatoms. The van der Waals surface area contributed by atoms with Crippen LogP contribution in [0.15, 0.2) is 42.5 Å². The molecule has 1 heterocycles. The summed E-state index contributed by atoms with van der Waals surface area (Å²) < 4.78 is 39.4. The lowest BCUT2D eigenvalue weighted by molar-refractivity contribution is -0.0498. The first-order chi connectivity index (χ1) is 14.0. The van der Waals surface area contributed by atoms with Crippen molar-refractivity contribution >= 4 is 5.78 Å². The molecule has 1 fully saturated rings. The van der Waals surface area contributed by atoms with Gasteiger partial charge in [-0.3, -0.25) is 9.69 Å². The Morgan fingerprint density at radius 1 is 1.10 bits per heavy atom. The third kappa shape index (κ3) is 5.44. The van der Waals surface area contributed by atoms with Gasteiger partial charge in [-0.05, 0) is 55.3 Å². The number of hydrogen-bond donors (Lipinski definition) is 0. The van der Waals surface area contributed by atoms with Gasteiger partial charge in [-0.15, -0.1) is 0 Å². The van der Waals surface area contributed by atoms with Gasteiger partial charge in [0.25, 0.3) is 0 Å². The van der Waals surface area contributed by atoms with Crippen LogP contribution >= 0.6 is 0 Å². The number of likely N-dealkylation sites (tertiary alicyclic amines) is 1. The largest absolute Gasteiger partial charge is 0.493 e. The van der Waals surface area contributed by atoms with Crippen molar-refractivity contribution in [3.63, 3.8) is 0 Å². The van der Waals surface area contributed by atoms with Crippen molar-refractivity contribution in [3.05, 3.63) is 53.6 Å². The number of methoxy groups -OCH3 is 2. The molecular weight excluding hydrogens is 380 g/mol. The molecule has 1 aliphatic rings. The lowest BCUT2D eigenvalue weighted by Crippen LogP contribution is -2.38. The highest BCUT2D eigenvalue weighted by molar-refractivity contribution is 5.98. The van der Waals surface area contributed by atoms with Gasteiger partial charge in [0.05, 0.1) is 14.2 Å². The molecule has 156 valence electrons. The Labute approximate surface area is 169 Å². The van der Waals surface area contributed by atoms with E-state index < -0.39 is 6.61 Å². The average Bonchev–Trinajstić information content (AvgIpc) is 2.74. The van der Waals surface area contributed by atoms with Crippen molar-refractivity contribution in [1.29, 1.82) is 0 Å². The fourth-order valence-electron chi connectivity index (χ4n) is 3.67. The number of alkyl halides is 2. The second-order valence-electron chi connectivity index (χ2n) is 7.03. The van der Waals surface area contributed by atoms with E-state index in [1.807, 2.05) is 0 Å². The molecule has 0 unspecified atom stereocenters. The van der Waals surface area contributed by atoms with Crippen molar-refractivity contribution in [2.45, 2.75) is 26.0 Å². The summed E-state index contributed by atoms with van der Waals surface area (Å²) in [5.41, 5.74) is 1.61. The van der Waals surface area contributed by atoms with Crippen LogP contribution in [-0.4, -0.2) is 44.6 Å². The smallest absolute Gasteiger partial charge is 0.387 e. The van der Waals surface area contributed by atoms with Crippen molar-refractivity contribution in [1.82, 2.24) is 4.90 Å². The third-order valence-corrected chi connectivity index (χ3v) is 5.10. The maximum absolute atomic E-state index is 13.0. The molecule has 29 heavy (non-hydrogen) atoms. The van der Waals surface area contributed by atoms with E-state index in [-0.39, 0.29) is 17.5 Å². The normalized spacial score (nSPS) is 17.2. The zero-order valence-corrected chi connectivity index (χ0v) is 16.6. The Balaban J connectivity index is 1.63. The van der Waals surface area contributed by atoms with Crippen LogP contribution in [-0.2, 0) is 6.54 Å². The Kier molecular flexibility index (Phi) is 7.04. The van der Waals surface area contributed by atoms with E-state index in [1.54, 1.807) is 44.6 Å². The number of hydrogen-bond acceptors (Lipinski definition) is 5. The fourth-order valence-corrected chi connectivity index (χ4v) is 3.67. The predicted molar refractivity (Wildman–Crippen MR) is 105 cm³/mol. The summed E-state index contributed by atoms with van der Waals surface area (Å²) >= 11 is 0. The number of nitrogens with zero attached hydrogens (tertiary/aromatic N) is 1. The highest BCUT2D eigenvalue weighted by atomic mass is 19.3. The van der Waals surface area contributed by atoms with E-state index in [1.165, 1.54) is 12.1 Å². The first-order valence-corrected chi connectivity index (χ1v) is 9.52. The van der Waals surface area contributed by atoms with Gasteiger partial charge in [-0.2, -0.15) is 8.78 Å². The van der Waals surface area contributed by atoms with Crippen molar-refractivity contribution in [3.8, 4) is 17.2 Å². The van der Waals surface area contributed by atoms with Gasteiger partial charge < -0.3 is 14.2 Å². The van der Waals surface area contributed by atoms with Crippen LogP contribution < -0.4 is 14.2 Å². The number of carbonyl (C=O) groups is 1. The lowest BCUT2D eigenvalue weighted by Gasteiger charge is -2.32. The highest BCUT2D eigenvalue weighted by Gasteiger charge is 2.27. The SMILES string of the molecule is COc1ccc(C(=O)[C@H]2CCCN(Cc3ccc(OC(F)F)cc3)C2)cc1OC. The summed E-state index contributed by atoms with van der Waals surface area (Å²) in [5, 5.41) is 0. The summed E-state index contributed by atoms with van der Waals surface area (Å²) in [6, 6.07) is 11.9. The van der Waals surface area contributed by atoms with E-state index >= 15 is 0 Å². The lowest BCUT2D eigenvalue weighted by atomic mass is 9.89. The minimum Gasteiger partial charge on any atom is -0.493 e. The standard InChI is InChI=1S/C22H25F2NO4/c1-27-19-10-7-16(12-20(19)28-2)21(26)17-4-3-11-25(14-17)13-15-5-8-18(9-6-15)29-22(23)24/h5-10,12,17,22H,3-4,11,13-14H2,1-2H3/t17-/m0/s1. The number of halogens is 2. The molecule has 1 saturated heterocycles. The molecule has 0 saturated carbocycles. The first-order valence-electron chi connectivity index (χ1n) is 9.52. The minimum absolute atomic E-state index is 0.0938. The zero-order valence-electron chi connectivity index (χ0n) is 16.6. The molecule has 0 amide bonds. The molecule has 2 aromatic carbocycles. The van der Waals surface area contributed by atoms with Gasteiger partial charge in [0, 0.05) is 24.6 Å². The number of rotatable bonds is 8. The first kappa shape index (κ1) is 21.0. The zero-order chi connectivity index (χ0) is 20.8. The molecule has 0 aromatic heterocycles. The molecule has 3 rings (SSSR count). The van der Waals surface area contributed by atoms with Crippen LogP contribution in [0, 0.1) is 5.92 Å². The van der Waals surface area contributed by atoms with E-state index in [4.69, 9.17) is 9.47 Å². The van der Waals surface area contributed by atoms with Crippen LogP contribution in [0.25, 0.3) is 0 Å². The van der Waals surface area contributed by atoms with Gasteiger partial charge in [0.1, 0.15) is 5.75 Å². The molecule has 2 aromatic rings. The number of piperidine rings is 1. The van der Waals surface area contributed by atoms with Crippen LogP contribution in [0.3, 0.4) is 0 Å². The van der Waals surface area contributed by atoms with Crippen LogP contribution in [0.4, 0.5) is 8.78 Å². The molecule has 0 radical (unpaired) electrons. The van der Waals surface area contributed by atoms with Gasteiger partial charge in [-0.1, -0.05) is 12.1 Å². The van der Waals surface area contributed by atoms with Gasteiger partial charge >= 0.3 is 6.61 Å². The fraction of sp³-hybridized carbons (Fsp3) is 0.409. The summed E-state index contributed by atoms with van der Waals surface area (Å²) in [6.07, 6.45) is 1.76. The van der Waals surface area contributed by atoms with Crippen LogP contribution in [0.5, 0.6) is 17.2 Å². The quantitative estimate of drug-likeness (QED) is 0.610. The number of ketones is 1. The summed E-state index contributed by atoms with van der Waals surface area (Å²) in [7, 11) is 3.11.